The first-order chi connectivity index (χ1) is 12.2. The van der Waals surface area contributed by atoms with Crippen LogP contribution >= 0.6 is 23.4 Å². The predicted octanol–water partition coefficient (Wildman–Crippen LogP) is 2.03. The molecule has 140 valence electrons. The Kier molecular flexibility index (Phi) is 6.30. The largest absolute Gasteiger partial charge is 0.469 e. The maximum absolute atomic E-state index is 12.9. The molecule has 0 saturated carbocycles. The van der Waals surface area contributed by atoms with Crippen LogP contribution in [0.4, 0.5) is 0 Å². The molecule has 0 saturated heterocycles. The molecule has 1 aromatic heterocycles. The van der Waals surface area contributed by atoms with Crippen molar-refractivity contribution in [3.8, 4) is 0 Å². The van der Waals surface area contributed by atoms with E-state index in [-0.39, 0.29) is 13.1 Å². The van der Waals surface area contributed by atoms with Gasteiger partial charge in [-0.25, -0.2) is 14.2 Å². The summed E-state index contributed by atoms with van der Waals surface area (Å²) in [7, 11) is 1.26. The molecule has 0 atom stereocenters. The molecule has 2 rings (SSSR count). The van der Waals surface area contributed by atoms with Crippen molar-refractivity contribution >= 4 is 29.3 Å². The highest BCUT2D eigenvalue weighted by Gasteiger charge is 2.31. The fourth-order valence-electron chi connectivity index (χ4n) is 2.45. The smallest absolute Gasteiger partial charge is 0.354 e. The SMILES string of the molecule is COC(=O)C(C)(C)Cn1c(=O)nc(SC)n(Cc2ccc(Cl)cc2)c1=O. The van der Waals surface area contributed by atoms with Gasteiger partial charge >= 0.3 is 17.3 Å². The number of rotatable bonds is 6. The van der Waals surface area contributed by atoms with Crippen LogP contribution in [0.3, 0.4) is 0 Å². The number of aromatic nitrogens is 3. The average Bonchev–Trinajstić information content (AvgIpc) is 2.61. The van der Waals surface area contributed by atoms with Gasteiger partial charge in [-0.15, -0.1) is 0 Å². The minimum absolute atomic E-state index is 0.125. The molecule has 9 heteroatoms. The Hall–Kier alpha value is -2.06. The number of thioether (sulfide) groups is 1. The maximum Gasteiger partial charge on any atom is 0.354 e. The van der Waals surface area contributed by atoms with Crippen molar-refractivity contribution in [2.24, 2.45) is 5.41 Å². The highest BCUT2D eigenvalue weighted by molar-refractivity contribution is 7.98. The van der Waals surface area contributed by atoms with E-state index in [4.69, 9.17) is 16.3 Å². The van der Waals surface area contributed by atoms with Gasteiger partial charge < -0.3 is 4.74 Å². The molecule has 0 aliphatic rings. The number of hydrogen-bond acceptors (Lipinski definition) is 6. The molecule has 0 aliphatic heterocycles. The normalized spacial score (nSPS) is 11.4. The van der Waals surface area contributed by atoms with Gasteiger partial charge in [-0.2, -0.15) is 4.98 Å². The number of carbonyl (C=O) groups excluding carboxylic acids is 1. The quantitative estimate of drug-likeness (QED) is 0.547. The zero-order valence-corrected chi connectivity index (χ0v) is 16.6. The number of halogens is 1. The second kappa shape index (κ2) is 8.09. The molecule has 1 aromatic carbocycles. The van der Waals surface area contributed by atoms with Crippen molar-refractivity contribution in [3.63, 3.8) is 0 Å². The summed E-state index contributed by atoms with van der Waals surface area (Å²) in [5.74, 6) is -0.512. The van der Waals surface area contributed by atoms with E-state index in [9.17, 15) is 14.4 Å². The molecule has 26 heavy (non-hydrogen) atoms. The third kappa shape index (κ3) is 4.37. The molecule has 0 unspecified atom stereocenters. The third-order valence-electron chi connectivity index (χ3n) is 3.84. The zero-order chi connectivity index (χ0) is 19.5. The Morgan fingerprint density at radius 3 is 2.38 bits per heavy atom. The van der Waals surface area contributed by atoms with Crippen molar-refractivity contribution < 1.29 is 9.53 Å². The van der Waals surface area contributed by atoms with E-state index in [0.717, 1.165) is 10.1 Å². The molecule has 0 spiro atoms. The number of carbonyl (C=O) groups is 1. The van der Waals surface area contributed by atoms with Crippen LogP contribution in [0, 0.1) is 5.41 Å². The van der Waals surface area contributed by atoms with Gasteiger partial charge in [-0.3, -0.25) is 9.36 Å². The zero-order valence-electron chi connectivity index (χ0n) is 15.0. The molecule has 2 aromatic rings. The van der Waals surface area contributed by atoms with Crippen LogP contribution in [0.1, 0.15) is 19.4 Å². The summed E-state index contributed by atoms with van der Waals surface area (Å²) in [5, 5.41) is 0.899. The van der Waals surface area contributed by atoms with Crippen LogP contribution in [0.2, 0.25) is 5.02 Å². The summed E-state index contributed by atoms with van der Waals surface area (Å²) in [6.07, 6.45) is 1.74. The minimum Gasteiger partial charge on any atom is -0.469 e. The molecule has 7 nitrogen and oxygen atoms in total. The molecular weight excluding hydrogens is 378 g/mol. The van der Waals surface area contributed by atoms with Crippen molar-refractivity contribution in [1.82, 2.24) is 14.1 Å². The molecule has 0 radical (unpaired) electrons. The number of nitrogens with zero attached hydrogens (tertiary/aromatic N) is 3. The monoisotopic (exact) mass is 397 g/mol. The first-order valence-corrected chi connectivity index (χ1v) is 9.38. The predicted molar refractivity (Wildman–Crippen MR) is 101 cm³/mol. The van der Waals surface area contributed by atoms with Crippen molar-refractivity contribution in [2.45, 2.75) is 32.1 Å². The summed E-state index contributed by atoms with van der Waals surface area (Å²) >= 11 is 7.10. The maximum atomic E-state index is 12.9. The molecule has 0 fully saturated rings. The molecule has 0 N–H and O–H groups in total. The number of methoxy groups -OCH3 is 1. The molecule has 0 bridgehead atoms. The van der Waals surface area contributed by atoms with E-state index in [1.807, 2.05) is 0 Å². The minimum atomic E-state index is -1.04. The van der Waals surface area contributed by atoms with Crippen molar-refractivity contribution in [2.75, 3.05) is 13.4 Å². The fraction of sp³-hybridized carbons (Fsp3) is 0.412. The second-order valence-corrected chi connectivity index (χ2v) is 7.55. The van der Waals surface area contributed by atoms with Crippen LogP contribution in [-0.2, 0) is 22.6 Å². The second-order valence-electron chi connectivity index (χ2n) is 6.34. The summed E-state index contributed by atoms with van der Waals surface area (Å²) < 4.78 is 7.12. The Morgan fingerprint density at radius 1 is 1.23 bits per heavy atom. The molecule has 1 heterocycles. The first-order valence-electron chi connectivity index (χ1n) is 7.78. The van der Waals surface area contributed by atoms with Crippen LogP contribution in [0.25, 0.3) is 0 Å². The Labute approximate surface area is 160 Å². The van der Waals surface area contributed by atoms with E-state index < -0.39 is 22.8 Å². The lowest BCUT2D eigenvalue weighted by atomic mass is 9.94. The number of esters is 1. The Bertz CT molecular complexity index is 919. The first kappa shape index (κ1) is 20.3. The van der Waals surface area contributed by atoms with Crippen LogP contribution in [0.15, 0.2) is 39.0 Å². The summed E-state index contributed by atoms with van der Waals surface area (Å²) in [5.41, 5.74) is -1.42. The third-order valence-corrected chi connectivity index (χ3v) is 4.77. The lowest BCUT2D eigenvalue weighted by molar-refractivity contribution is -0.151. The van der Waals surface area contributed by atoms with Crippen LogP contribution < -0.4 is 11.4 Å². The van der Waals surface area contributed by atoms with Crippen LogP contribution in [0.5, 0.6) is 0 Å². The number of ether oxygens (including phenoxy) is 1. The van der Waals surface area contributed by atoms with Gasteiger partial charge in [0.2, 0.25) is 0 Å². The number of benzene rings is 1. The molecule has 0 amide bonds. The lowest BCUT2D eigenvalue weighted by Crippen LogP contribution is -2.46. The van der Waals surface area contributed by atoms with Gasteiger partial charge in [0, 0.05) is 11.6 Å². The summed E-state index contributed by atoms with van der Waals surface area (Å²) in [6, 6.07) is 7.05. The van der Waals surface area contributed by atoms with Crippen LogP contribution in [-0.4, -0.2) is 33.5 Å². The molecule has 0 aliphatic carbocycles. The highest BCUT2D eigenvalue weighted by atomic mass is 35.5. The Morgan fingerprint density at radius 2 is 1.85 bits per heavy atom. The summed E-state index contributed by atoms with van der Waals surface area (Å²) in [6.45, 7) is 3.32. The fourth-order valence-corrected chi connectivity index (χ4v) is 3.11. The van der Waals surface area contributed by atoms with E-state index >= 15 is 0 Å². The van der Waals surface area contributed by atoms with Crippen molar-refractivity contribution in [3.05, 3.63) is 55.8 Å². The van der Waals surface area contributed by atoms with Gasteiger partial charge in [0.1, 0.15) is 0 Å². The van der Waals surface area contributed by atoms with Gasteiger partial charge in [0.15, 0.2) is 5.16 Å². The van der Waals surface area contributed by atoms with E-state index in [0.29, 0.717) is 10.2 Å². The van der Waals surface area contributed by atoms with Crippen molar-refractivity contribution in [1.29, 1.82) is 0 Å². The number of hydrogen-bond donors (Lipinski definition) is 0. The van der Waals surface area contributed by atoms with Gasteiger partial charge in [-0.1, -0.05) is 35.5 Å². The van der Waals surface area contributed by atoms with Gasteiger partial charge in [0.25, 0.3) is 0 Å². The summed E-state index contributed by atoms with van der Waals surface area (Å²) in [4.78, 5) is 41.1. The lowest BCUT2D eigenvalue weighted by Gasteiger charge is -2.22. The van der Waals surface area contributed by atoms with Gasteiger partial charge in [-0.05, 0) is 37.8 Å². The average molecular weight is 398 g/mol. The molecular formula is C17H20ClN3O4S. The van der Waals surface area contributed by atoms with E-state index in [1.165, 1.54) is 23.4 Å². The van der Waals surface area contributed by atoms with Gasteiger partial charge in [0.05, 0.1) is 19.1 Å². The highest BCUT2D eigenvalue weighted by Crippen LogP contribution is 2.19. The topological polar surface area (TPSA) is 83.2 Å². The standard InChI is InChI=1S/C17H20ClN3O4S/c1-17(2,13(22)25-3)10-21-14(23)19-15(26-4)20(16(21)24)9-11-5-7-12(18)8-6-11/h5-8H,9-10H2,1-4H3. The Balaban J connectivity index is 2.51. The van der Waals surface area contributed by atoms with E-state index in [1.54, 1.807) is 44.4 Å². The van der Waals surface area contributed by atoms with E-state index in [2.05, 4.69) is 4.98 Å².